The van der Waals surface area contributed by atoms with Crippen LogP contribution in [0.25, 0.3) is 0 Å². The monoisotopic (exact) mass is 303 g/mol. The normalized spacial score (nSPS) is 13.2. The molecule has 0 bridgehead atoms. The molecule has 0 saturated carbocycles. The number of hydrogen-bond donors (Lipinski definition) is 1. The van der Waals surface area contributed by atoms with Gasteiger partial charge in [-0.25, -0.2) is 8.42 Å². The summed E-state index contributed by atoms with van der Waals surface area (Å²) in [6.07, 6.45) is 2.52. The van der Waals surface area contributed by atoms with Crippen molar-refractivity contribution in [3.05, 3.63) is 24.3 Å². The second kappa shape index (κ2) is 7.75. The van der Waals surface area contributed by atoms with Crippen LogP contribution in [0.5, 0.6) is 0 Å². The summed E-state index contributed by atoms with van der Waals surface area (Å²) in [6, 6.07) is 7.30. The molecule has 108 valence electrons. The molecule has 0 amide bonds. The Labute approximate surface area is 121 Å². The van der Waals surface area contributed by atoms with Gasteiger partial charge in [-0.3, -0.25) is 0 Å². The zero-order valence-corrected chi connectivity index (χ0v) is 13.1. The van der Waals surface area contributed by atoms with E-state index in [2.05, 4.69) is 12.2 Å². The van der Waals surface area contributed by atoms with Gasteiger partial charge in [-0.05, 0) is 43.5 Å². The van der Waals surface area contributed by atoms with Gasteiger partial charge < -0.3 is 5.32 Å². The van der Waals surface area contributed by atoms with Crippen molar-refractivity contribution in [1.82, 2.24) is 0 Å². The van der Waals surface area contributed by atoms with Gasteiger partial charge in [-0.1, -0.05) is 13.8 Å². The van der Waals surface area contributed by atoms with Crippen molar-refractivity contribution >= 4 is 27.1 Å². The van der Waals surface area contributed by atoms with E-state index in [1.807, 2.05) is 19.1 Å². The maximum Gasteiger partial charge on any atom is 0.178 e. The van der Waals surface area contributed by atoms with Gasteiger partial charge in [0, 0.05) is 17.6 Å². The third-order valence-electron chi connectivity index (χ3n) is 3.01. The van der Waals surface area contributed by atoms with E-state index in [9.17, 15) is 8.42 Å². The van der Waals surface area contributed by atoms with Crippen LogP contribution in [0, 0.1) is 0 Å². The largest absolute Gasteiger partial charge is 0.382 e. The van der Waals surface area contributed by atoms with E-state index < -0.39 is 9.84 Å². The number of rotatable bonds is 8. The number of alkyl halides is 1. The van der Waals surface area contributed by atoms with Crippen LogP contribution < -0.4 is 5.32 Å². The molecule has 1 unspecified atom stereocenters. The first-order valence-electron chi connectivity index (χ1n) is 6.68. The van der Waals surface area contributed by atoms with Crippen LogP contribution >= 0.6 is 11.6 Å². The summed E-state index contributed by atoms with van der Waals surface area (Å²) in [5.41, 5.74) is 0.937. The lowest BCUT2D eigenvalue weighted by molar-refractivity contribution is 0.594. The van der Waals surface area contributed by atoms with Gasteiger partial charge in [0.2, 0.25) is 0 Å². The van der Waals surface area contributed by atoms with Crippen molar-refractivity contribution < 1.29 is 8.42 Å². The van der Waals surface area contributed by atoms with Gasteiger partial charge in [0.15, 0.2) is 9.84 Å². The molecule has 0 spiro atoms. The first kappa shape index (κ1) is 16.3. The van der Waals surface area contributed by atoms with Crippen molar-refractivity contribution in [2.75, 3.05) is 16.9 Å². The zero-order valence-electron chi connectivity index (χ0n) is 11.5. The van der Waals surface area contributed by atoms with E-state index in [1.165, 1.54) is 0 Å². The Morgan fingerprint density at radius 2 is 1.84 bits per heavy atom. The Bertz CT molecular complexity index is 471. The van der Waals surface area contributed by atoms with Crippen molar-refractivity contribution in [2.45, 2.75) is 44.0 Å². The molecule has 1 aromatic rings. The summed E-state index contributed by atoms with van der Waals surface area (Å²) in [7, 11) is -3.12. The van der Waals surface area contributed by atoms with Gasteiger partial charge in [-0.15, -0.1) is 11.6 Å². The van der Waals surface area contributed by atoms with E-state index in [1.54, 1.807) is 12.1 Å². The first-order chi connectivity index (χ1) is 9.03. The minimum absolute atomic E-state index is 0.198. The predicted octanol–water partition coefficient (Wildman–Crippen LogP) is 3.69. The third kappa shape index (κ3) is 5.03. The number of benzene rings is 1. The molecule has 0 fully saturated rings. The highest BCUT2D eigenvalue weighted by atomic mass is 35.5. The van der Waals surface area contributed by atoms with Crippen molar-refractivity contribution in [2.24, 2.45) is 0 Å². The molecule has 0 radical (unpaired) electrons. The van der Waals surface area contributed by atoms with Gasteiger partial charge in [0.1, 0.15) is 0 Å². The highest BCUT2D eigenvalue weighted by molar-refractivity contribution is 7.91. The fourth-order valence-corrected chi connectivity index (χ4v) is 3.48. The summed E-state index contributed by atoms with van der Waals surface area (Å²) < 4.78 is 23.8. The average molecular weight is 304 g/mol. The lowest BCUT2D eigenvalue weighted by atomic mass is 10.1. The Morgan fingerprint density at radius 1 is 1.21 bits per heavy atom. The molecule has 19 heavy (non-hydrogen) atoms. The molecular weight excluding hydrogens is 282 g/mol. The Morgan fingerprint density at radius 3 is 2.32 bits per heavy atom. The molecule has 0 aliphatic carbocycles. The van der Waals surface area contributed by atoms with E-state index in [0.717, 1.165) is 18.5 Å². The van der Waals surface area contributed by atoms with Crippen LogP contribution in [0.15, 0.2) is 29.2 Å². The molecule has 0 aromatic heterocycles. The summed E-state index contributed by atoms with van der Waals surface area (Å²) in [6.45, 7) is 3.97. The van der Waals surface area contributed by atoms with Crippen molar-refractivity contribution in [1.29, 1.82) is 0 Å². The highest BCUT2D eigenvalue weighted by Crippen LogP contribution is 2.18. The molecule has 1 N–H and O–H groups in total. The SMILES string of the molecule is CCCS(=O)(=O)c1ccc(NC(CC)CCCl)cc1. The summed E-state index contributed by atoms with van der Waals surface area (Å²) in [5.74, 6) is 0.818. The van der Waals surface area contributed by atoms with Crippen LogP contribution in [-0.4, -0.2) is 26.1 Å². The Hall–Kier alpha value is -0.740. The molecule has 0 aliphatic rings. The van der Waals surface area contributed by atoms with Gasteiger partial charge >= 0.3 is 0 Å². The first-order valence-corrected chi connectivity index (χ1v) is 8.87. The number of sulfone groups is 1. The predicted molar refractivity (Wildman–Crippen MR) is 81.8 cm³/mol. The van der Waals surface area contributed by atoms with E-state index in [-0.39, 0.29) is 5.75 Å². The number of hydrogen-bond acceptors (Lipinski definition) is 3. The lowest BCUT2D eigenvalue weighted by Crippen LogP contribution is -2.18. The summed E-state index contributed by atoms with van der Waals surface area (Å²) >= 11 is 5.74. The topological polar surface area (TPSA) is 46.2 Å². The van der Waals surface area contributed by atoms with Crippen LogP contribution in [0.4, 0.5) is 5.69 Å². The average Bonchev–Trinajstić information content (AvgIpc) is 2.39. The van der Waals surface area contributed by atoms with Crippen LogP contribution in [0.2, 0.25) is 0 Å². The maximum atomic E-state index is 11.9. The maximum absolute atomic E-state index is 11.9. The third-order valence-corrected chi connectivity index (χ3v) is 5.16. The second-order valence-corrected chi connectivity index (χ2v) is 7.06. The molecule has 5 heteroatoms. The molecule has 3 nitrogen and oxygen atoms in total. The lowest BCUT2D eigenvalue weighted by Gasteiger charge is -2.17. The molecular formula is C14H22ClNO2S. The van der Waals surface area contributed by atoms with E-state index in [0.29, 0.717) is 23.2 Å². The van der Waals surface area contributed by atoms with E-state index in [4.69, 9.17) is 11.6 Å². The van der Waals surface area contributed by atoms with Crippen LogP contribution in [0.1, 0.15) is 33.1 Å². The summed E-state index contributed by atoms with van der Waals surface area (Å²) in [4.78, 5) is 0.394. The molecule has 0 aliphatic heterocycles. The molecule has 1 atom stereocenters. The fourth-order valence-electron chi connectivity index (χ4n) is 1.89. The number of anilines is 1. The van der Waals surface area contributed by atoms with E-state index >= 15 is 0 Å². The quantitative estimate of drug-likeness (QED) is 0.745. The molecule has 1 rings (SSSR count). The molecule has 1 aromatic carbocycles. The Balaban J connectivity index is 2.76. The molecule has 0 heterocycles. The minimum Gasteiger partial charge on any atom is -0.382 e. The second-order valence-electron chi connectivity index (χ2n) is 4.57. The fraction of sp³-hybridized carbons (Fsp3) is 0.571. The summed E-state index contributed by atoms with van der Waals surface area (Å²) in [5, 5.41) is 3.36. The smallest absolute Gasteiger partial charge is 0.178 e. The standard InChI is InChI=1S/C14H22ClNO2S/c1-3-11-19(17,18)14-7-5-13(6-8-14)16-12(4-2)9-10-15/h5-8,12,16H,3-4,9-11H2,1-2H3. The van der Waals surface area contributed by atoms with Crippen molar-refractivity contribution in [3.8, 4) is 0 Å². The Kier molecular flexibility index (Phi) is 6.66. The van der Waals surface area contributed by atoms with Crippen LogP contribution in [0.3, 0.4) is 0 Å². The van der Waals surface area contributed by atoms with Gasteiger partial charge in [-0.2, -0.15) is 0 Å². The van der Waals surface area contributed by atoms with Gasteiger partial charge in [0.25, 0.3) is 0 Å². The minimum atomic E-state index is -3.12. The van der Waals surface area contributed by atoms with Gasteiger partial charge in [0.05, 0.1) is 10.6 Å². The zero-order chi connectivity index (χ0) is 14.3. The van der Waals surface area contributed by atoms with Crippen molar-refractivity contribution in [3.63, 3.8) is 0 Å². The number of halogens is 1. The molecule has 0 saturated heterocycles. The highest BCUT2D eigenvalue weighted by Gasteiger charge is 2.13. The number of nitrogens with one attached hydrogen (secondary N) is 1. The van der Waals surface area contributed by atoms with Crippen LogP contribution in [-0.2, 0) is 9.84 Å².